The molecule has 3 N–H and O–H groups in total. The number of nitrogens with zero attached hydrogens (tertiary/aromatic N) is 2. The number of fused-ring (bicyclic) bond motifs is 1. The van der Waals surface area contributed by atoms with Gasteiger partial charge in [-0.15, -0.1) is 0 Å². The van der Waals surface area contributed by atoms with Gasteiger partial charge in [0, 0.05) is 38.1 Å². The molecule has 0 aliphatic rings. The molecular weight excluding hydrogens is 460 g/mol. The average Bonchev–Trinajstić information content (AvgIpc) is 3.28. The van der Waals surface area contributed by atoms with Gasteiger partial charge in [0.25, 0.3) is 0 Å². The van der Waals surface area contributed by atoms with Crippen molar-refractivity contribution in [3.63, 3.8) is 0 Å². The molecule has 0 aliphatic heterocycles. The molecule has 0 unspecified atom stereocenters. The number of nitrogens with one attached hydrogen (secondary N) is 1. The minimum Gasteiger partial charge on any atom is -0.451 e. The molecule has 4 rings (SSSR count). The molecule has 31 heavy (non-hydrogen) atoms. The highest BCUT2D eigenvalue weighted by molar-refractivity contribution is 9.10. The number of carbonyl (C=O) groups is 2. The van der Waals surface area contributed by atoms with Gasteiger partial charge in [-0.2, -0.15) is 5.10 Å². The summed E-state index contributed by atoms with van der Waals surface area (Å²) in [6.45, 7) is 3.92. The number of benzene rings is 2. The molecule has 0 radical (unpaired) electrons. The van der Waals surface area contributed by atoms with Crippen LogP contribution >= 0.6 is 15.9 Å². The van der Waals surface area contributed by atoms with E-state index >= 15 is 0 Å². The van der Waals surface area contributed by atoms with E-state index in [1.165, 1.54) is 0 Å². The zero-order valence-electron chi connectivity index (χ0n) is 16.8. The Balaban J connectivity index is 1.52. The Labute approximate surface area is 186 Å². The smallest absolute Gasteiger partial charge is 0.307 e. The number of aryl methyl sites for hydroxylation is 1. The number of hydrogen-bond donors (Lipinski definition) is 2. The summed E-state index contributed by atoms with van der Waals surface area (Å²) in [6.07, 6.45) is 1.59. The highest BCUT2D eigenvalue weighted by Crippen LogP contribution is 2.23. The number of hydrazone groups is 1. The van der Waals surface area contributed by atoms with Crippen LogP contribution in [0, 0.1) is 13.8 Å². The van der Waals surface area contributed by atoms with Crippen molar-refractivity contribution < 1.29 is 14.0 Å². The number of carbonyl (C=O) groups excluding carboxylic acids is 2. The molecule has 7 nitrogen and oxygen atoms in total. The van der Waals surface area contributed by atoms with Gasteiger partial charge in [-0.1, -0.05) is 15.9 Å². The summed E-state index contributed by atoms with van der Waals surface area (Å²) in [5.41, 5.74) is 12.6. The van der Waals surface area contributed by atoms with Crippen LogP contribution in [-0.4, -0.2) is 22.6 Å². The molecule has 0 aliphatic carbocycles. The maximum atomic E-state index is 12.4. The lowest BCUT2D eigenvalue weighted by atomic mass is 10.2. The zero-order valence-corrected chi connectivity index (χ0v) is 18.4. The van der Waals surface area contributed by atoms with Crippen LogP contribution < -0.4 is 11.2 Å². The number of primary amides is 1. The Hall–Kier alpha value is -3.65. The normalized spacial score (nSPS) is 11.3. The Morgan fingerprint density at radius 1 is 1.10 bits per heavy atom. The lowest BCUT2D eigenvalue weighted by Gasteiger charge is -2.10. The first-order chi connectivity index (χ1) is 14.8. The molecule has 2 heterocycles. The van der Waals surface area contributed by atoms with Crippen LogP contribution in [0.3, 0.4) is 0 Å². The van der Waals surface area contributed by atoms with Gasteiger partial charge >= 0.3 is 5.91 Å². The van der Waals surface area contributed by atoms with Gasteiger partial charge in [-0.3, -0.25) is 9.59 Å². The lowest BCUT2D eigenvalue weighted by molar-refractivity contribution is 0.0929. The van der Waals surface area contributed by atoms with Gasteiger partial charge in [0.2, 0.25) is 5.91 Å². The first-order valence-electron chi connectivity index (χ1n) is 9.45. The number of furan rings is 1. The highest BCUT2D eigenvalue weighted by atomic mass is 79.9. The van der Waals surface area contributed by atoms with Gasteiger partial charge in [0.05, 0.1) is 6.21 Å². The third-order valence-electron chi connectivity index (χ3n) is 4.95. The Morgan fingerprint density at radius 2 is 1.84 bits per heavy atom. The van der Waals surface area contributed by atoms with Crippen molar-refractivity contribution in [3.05, 3.63) is 87.3 Å². The summed E-state index contributed by atoms with van der Waals surface area (Å²) in [5.74, 6) is -0.710. The topological polar surface area (TPSA) is 103 Å². The zero-order chi connectivity index (χ0) is 22.1. The van der Waals surface area contributed by atoms with E-state index < -0.39 is 11.8 Å². The van der Waals surface area contributed by atoms with Crippen LogP contribution in [0.15, 0.2) is 68.6 Å². The molecule has 156 valence electrons. The van der Waals surface area contributed by atoms with Crippen molar-refractivity contribution in [2.45, 2.75) is 13.8 Å². The van der Waals surface area contributed by atoms with Crippen LogP contribution in [0.25, 0.3) is 16.7 Å². The minimum absolute atomic E-state index is 0.185. The number of nitrogens with two attached hydrogens (primary N) is 1. The molecule has 0 saturated heterocycles. The number of aromatic nitrogens is 1. The van der Waals surface area contributed by atoms with Gasteiger partial charge < -0.3 is 14.7 Å². The second-order valence-electron chi connectivity index (χ2n) is 7.06. The summed E-state index contributed by atoms with van der Waals surface area (Å²) in [5, 5.41) is 4.91. The largest absolute Gasteiger partial charge is 0.451 e. The predicted octanol–water partition coefficient (Wildman–Crippen LogP) is 4.47. The van der Waals surface area contributed by atoms with E-state index in [9.17, 15) is 9.59 Å². The fourth-order valence-corrected chi connectivity index (χ4v) is 3.81. The quantitative estimate of drug-likeness (QED) is 0.326. The molecule has 0 spiro atoms. The van der Waals surface area contributed by atoms with E-state index in [1.807, 2.05) is 48.7 Å². The Bertz CT molecular complexity index is 1330. The Kier molecular flexibility index (Phi) is 5.48. The standard InChI is InChI=1S/C23H19BrN4O3/c1-13-9-17(14(2)28(13)19-6-3-15(4-7-19)22(25)29)12-26-27-23(30)21-11-16-10-18(24)5-8-20(16)31-21/h3-12H,1-2H3,(H2,25,29)(H,27,30)/b26-12+. The third kappa shape index (κ3) is 4.15. The van der Waals surface area contributed by atoms with E-state index in [1.54, 1.807) is 30.5 Å². The fraction of sp³-hybridized carbons (Fsp3) is 0.0870. The first-order valence-corrected chi connectivity index (χ1v) is 10.2. The summed E-state index contributed by atoms with van der Waals surface area (Å²) in [7, 11) is 0. The van der Waals surface area contributed by atoms with Crippen LogP contribution in [0.5, 0.6) is 0 Å². The fourth-order valence-electron chi connectivity index (χ4n) is 3.43. The molecule has 4 aromatic rings. The van der Waals surface area contributed by atoms with Crippen LogP contribution in [0.4, 0.5) is 0 Å². The van der Waals surface area contributed by atoms with Crippen molar-refractivity contribution in [1.29, 1.82) is 0 Å². The summed E-state index contributed by atoms with van der Waals surface area (Å²) in [4.78, 5) is 23.7. The van der Waals surface area contributed by atoms with Crippen LogP contribution in [0.2, 0.25) is 0 Å². The number of hydrogen-bond acceptors (Lipinski definition) is 4. The molecule has 0 bridgehead atoms. The summed E-state index contributed by atoms with van der Waals surface area (Å²) < 4.78 is 8.52. The number of rotatable bonds is 5. The average molecular weight is 479 g/mol. The second kappa shape index (κ2) is 8.23. The van der Waals surface area contributed by atoms with E-state index in [2.05, 4.69) is 26.5 Å². The van der Waals surface area contributed by atoms with E-state index in [0.717, 1.165) is 32.5 Å². The first kappa shape index (κ1) is 20.6. The van der Waals surface area contributed by atoms with E-state index in [4.69, 9.17) is 10.2 Å². The predicted molar refractivity (Wildman–Crippen MR) is 123 cm³/mol. The maximum absolute atomic E-state index is 12.4. The number of amides is 2. The maximum Gasteiger partial charge on any atom is 0.307 e. The lowest BCUT2D eigenvalue weighted by Crippen LogP contribution is -2.16. The van der Waals surface area contributed by atoms with Crippen molar-refractivity contribution in [3.8, 4) is 5.69 Å². The molecule has 0 saturated carbocycles. The molecule has 2 amide bonds. The molecular formula is C23H19BrN4O3. The van der Waals surface area contributed by atoms with Gasteiger partial charge in [0.1, 0.15) is 5.58 Å². The number of halogens is 1. The molecule has 2 aromatic carbocycles. The van der Waals surface area contributed by atoms with E-state index in [0.29, 0.717) is 11.1 Å². The van der Waals surface area contributed by atoms with Crippen molar-refractivity contribution >= 4 is 44.9 Å². The molecule has 2 aromatic heterocycles. The monoisotopic (exact) mass is 478 g/mol. The van der Waals surface area contributed by atoms with Gasteiger partial charge in [-0.05, 0) is 68.4 Å². The van der Waals surface area contributed by atoms with Crippen molar-refractivity contribution in [2.24, 2.45) is 10.8 Å². The summed E-state index contributed by atoms with van der Waals surface area (Å²) in [6, 6.07) is 16.2. The van der Waals surface area contributed by atoms with Crippen molar-refractivity contribution in [2.75, 3.05) is 0 Å². The molecule has 8 heteroatoms. The third-order valence-corrected chi connectivity index (χ3v) is 5.45. The van der Waals surface area contributed by atoms with Crippen molar-refractivity contribution in [1.82, 2.24) is 9.99 Å². The Morgan fingerprint density at radius 3 is 2.55 bits per heavy atom. The van der Waals surface area contributed by atoms with Gasteiger partial charge in [0.15, 0.2) is 5.76 Å². The highest BCUT2D eigenvalue weighted by Gasteiger charge is 2.13. The molecule has 0 atom stereocenters. The van der Waals surface area contributed by atoms with Crippen LogP contribution in [-0.2, 0) is 0 Å². The second-order valence-corrected chi connectivity index (χ2v) is 7.98. The molecule has 0 fully saturated rings. The van der Waals surface area contributed by atoms with E-state index in [-0.39, 0.29) is 5.76 Å². The van der Waals surface area contributed by atoms with Gasteiger partial charge in [-0.25, -0.2) is 5.43 Å². The SMILES string of the molecule is Cc1cc(/C=N/NC(=O)c2cc3cc(Br)ccc3o2)c(C)n1-c1ccc(C(N)=O)cc1. The minimum atomic E-state index is -0.465. The van der Waals surface area contributed by atoms with Crippen LogP contribution in [0.1, 0.15) is 37.9 Å². The summed E-state index contributed by atoms with van der Waals surface area (Å²) >= 11 is 3.40.